The highest BCUT2D eigenvalue weighted by Crippen LogP contribution is 2.38. The molecule has 1 amide bonds. The van der Waals surface area contributed by atoms with Crippen molar-refractivity contribution in [2.75, 3.05) is 11.9 Å². The van der Waals surface area contributed by atoms with Gasteiger partial charge in [0, 0.05) is 34.2 Å². The molecule has 5 nitrogen and oxygen atoms in total. The average Bonchev–Trinajstić information content (AvgIpc) is 3.39. The van der Waals surface area contributed by atoms with Crippen molar-refractivity contribution in [3.63, 3.8) is 0 Å². The van der Waals surface area contributed by atoms with E-state index in [0.29, 0.717) is 16.8 Å². The first-order valence-electron chi connectivity index (χ1n) is 8.94. The lowest BCUT2D eigenvalue weighted by Crippen LogP contribution is -2.20. The second kappa shape index (κ2) is 8.01. The lowest BCUT2D eigenvalue weighted by molar-refractivity contribution is -0.142. The Balaban J connectivity index is 1.53. The second-order valence-corrected chi connectivity index (χ2v) is 7.31. The van der Waals surface area contributed by atoms with Crippen LogP contribution in [-0.4, -0.2) is 23.1 Å². The molecular formula is C21H23ClN2O3. The van der Waals surface area contributed by atoms with Gasteiger partial charge in [0.05, 0.1) is 0 Å². The molecule has 1 saturated carbocycles. The third-order valence-corrected chi connectivity index (χ3v) is 4.88. The molecule has 1 aromatic heterocycles. The van der Waals surface area contributed by atoms with Crippen molar-refractivity contribution in [3.8, 4) is 0 Å². The number of hydrogen-bond donors (Lipinski definition) is 1. The molecule has 0 aliphatic heterocycles. The summed E-state index contributed by atoms with van der Waals surface area (Å²) < 4.78 is 7.34. The molecule has 0 saturated heterocycles. The zero-order chi connectivity index (χ0) is 19.6. The van der Waals surface area contributed by atoms with Gasteiger partial charge in [-0.3, -0.25) is 4.79 Å². The maximum absolute atomic E-state index is 12.0. The maximum Gasteiger partial charge on any atom is 0.331 e. The number of aryl methyl sites for hydroxylation is 2. The van der Waals surface area contributed by atoms with E-state index >= 15 is 0 Å². The van der Waals surface area contributed by atoms with Crippen LogP contribution < -0.4 is 5.32 Å². The number of nitrogens with zero attached hydrogens (tertiary/aromatic N) is 1. The number of aromatic nitrogens is 1. The summed E-state index contributed by atoms with van der Waals surface area (Å²) in [6.45, 7) is 5.63. The molecule has 1 N–H and O–H groups in total. The minimum absolute atomic E-state index is 0.341. The Kier molecular flexibility index (Phi) is 5.71. The highest BCUT2D eigenvalue weighted by atomic mass is 35.5. The molecule has 142 valence electrons. The number of anilines is 1. The average molecular weight is 387 g/mol. The van der Waals surface area contributed by atoms with E-state index in [0.717, 1.165) is 16.8 Å². The van der Waals surface area contributed by atoms with E-state index in [4.69, 9.17) is 16.3 Å². The number of ether oxygens (including phenoxy) is 1. The van der Waals surface area contributed by atoms with Gasteiger partial charge in [-0.2, -0.15) is 0 Å². The number of nitrogens with one attached hydrogen (secondary N) is 1. The fraction of sp³-hybridized carbons (Fsp3) is 0.333. The van der Waals surface area contributed by atoms with Crippen LogP contribution in [0, 0.1) is 20.8 Å². The summed E-state index contributed by atoms with van der Waals surface area (Å²) >= 11 is 5.89. The number of carbonyl (C=O) groups is 2. The molecule has 0 atom stereocenters. The summed E-state index contributed by atoms with van der Waals surface area (Å²) in [6, 6.07) is 7.82. The van der Waals surface area contributed by atoms with Crippen LogP contribution in [0.2, 0.25) is 5.02 Å². The predicted octanol–water partition coefficient (Wildman–Crippen LogP) is 4.60. The molecule has 27 heavy (non-hydrogen) atoms. The van der Waals surface area contributed by atoms with E-state index in [-0.39, 0.29) is 6.61 Å². The smallest absolute Gasteiger partial charge is 0.331 e. The lowest BCUT2D eigenvalue weighted by Gasteiger charge is -2.08. The van der Waals surface area contributed by atoms with E-state index < -0.39 is 11.9 Å². The number of esters is 1. The Morgan fingerprint density at radius 3 is 2.67 bits per heavy atom. The molecule has 3 rings (SSSR count). The summed E-state index contributed by atoms with van der Waals surface area (Å²) in [4.78, 5) is 23.9. The minimum atomic E-state index is -0.547. The van der Waals surface area contributed by atoms with Crippen molar-refractivity contribution in [1.29, 1.82) is 0 Å². The third-order valence-electron chi connectivity index (χ3n) is 4.64. The van der Waals surface area contributed by atoms with E-state index in [1.54, 1.807) is 24.3 Å². The van der Waals surface area contributed by atoms with Gasteiger partial charge in [0.1, 0.15) is 0 Å². The number of halogens is 1. The first-order chi connectivity index (χ1) is 12.8. The van der Waals surface area contributed by atoms with Crippen molar-refractivity contribution in [1.82, 2.24) is 4.57 Å². The molecule has 0 bridgehead atoms. The monoisotopic (exact) mass is 386 g/mol. The van der Waals surface area contributed by atoms with Crippen molar-refractivity contribution in [2.24, 2.45) is 0 Å². The highest BCUT2D eigenvalue weighted by molar-refractivity contribution is 6.30. The topological polar surface area (TPSA) is 60.3 Å². The van der Waals surface area contributed by atoms with Crippen LogP contribution in [0.15, 0.2) is 30.3 Å². The molecule has 1 fully saturated rings. The Labute approximate surface area is 164 Å². The Morgan fingerprint density at radius 1 is 1.26 bits per heavy atom. The summed E-state index contributed by atoms with van der Waals surface area (Å²) in [5.41, 5.74) is 4.82. The summed E-state index contributed by atoms with van der Waals surface area (Å²) in [5, 5.41) is 3.30. The number of hydrogen-bond acceptors (Lipinski definition) is 3. The van der Waals surface area contributed by atoms with E-state index in [1.165, 1.54) is 24.6 Å². The molecule has 1 heterocycles. The SMILES string of the molecule is Cc1cc(Cl)ccc1NC(=O)COC(=O)/C=C/c1cc(C)n(C2CC2)c1C. The normalized spacial score (nSPS) is 13.8. The van der Waals surface area contributed by atoms with Gasteiger partial charge < -0.3 is 14.6 Å². The number of carbonyl (C=O) groups excluding carboxylic acids is 2. The molecule has 0 spiro atoms. The minimum Gasteiger partial charge on any atom is -0.452 e. The third kappa shape index (κ3) is 4.80. The highest BCUT2D eigenvalue weighted by Gasteiger charge is 2.26. The van der Waals surface area contributed by atoms with Crippen molar-refractivity contribution in [3.05, 3.63) is 57.9 Å². The Morgan fingerprint density at radius 2 is 2.00 bits per heavy atom. The van der Waals surface area contributed by atoms with Crippen LogP contribution in [0.25, 0.3) is 6.08 Å². The molecule has 0 unspecified atom stereocenters. The molecular weight excluding hydrogens is 364 g/mol. The molecule has 6 heteroatoms. The second-order valence-electron chi connectivity index (χ2n) is 6.88. The van der Waals surface area contributed by atoms with Crippen molar-refractivity contribution < 1.29 is 14.3 Å². The van der Waals surface area contributed by atoms with Gasteiger partial charge in [-0.05, 0) is 75.1 Å². The zero-order valence-electron chi connectivity index (χ0n) is 15.7. The molecule has 1 aliphatic rings. The summed E-state index contributed by atoms with van der Waals surface area (Å²) in [5.74, 6) is -0.941. The van der Waals surface area contributed by atoms with Gasteiger partial charge in [-0.1, -0.05) is 11.6 Å². The zero-order valence-corrected chi connectivity index (χ0v) is 16.5. The first kappa shape index (κ1) is 19.2. The molecule has 0 radical (unpaired) electrons. The fourth-order valence-corrected chi connectivity index (χ4v) is 3.39. The van der Waals surface area contributed by atoms with Crippen LogP contribution in [-0.2, 0) is 14.3 Å². The largest absolute Gasteiger partial charge is 0.452 e. The summed E-state index contributed by atoms with van der Waals surface area (Å²) in [6.07, 6.45) is 5.53. The van der Waals surface area contributed by atoms with Gasteiger partial charge in [0.2, 0.25) is 0 Å². The number of benzene rings is 1. The van der Waals surface area contributed by atoms with Crippen molar-refractivity contribution in [2.45, 2.75) is 39.7 Å². The predicted molar refractivity (Wildman–Crippen MR) is 107 cm³/mol. The first-order valence-corrected chi connectivity index (χ1v) is 9.32. The van der Waals surface area contributed by atoms with Gasteiger partial charge in [-0.25, -0.2) is 4.79 Å². The quantitative estimate of drug-likeness (QED) is 0.583. The molecule has 1 aliphatic carbocycles. The van der Waals surface area contributed by atoms with Crippen LogP contribution >= 0.6 is 11.6 Å². The molecule has 2 aromatic rings. The van der Waals surface area contributed by atoms with Crippen molar-refractivity contribution >= 4 is 35.2 Å². The van der Waals surface area contributed by atoms with Crippen LogP contribution in [0.1, 0.15) is 41.4 Å². The van der Waals surface area contributed by atoms with E-state index in [1.807, 2.05) is 6.92 Å². The van der Waals surface area contributed by atoms with Gasteiger partial charge in [0.25, 0.3) is 5.91 Å². The standard InChI is InChI=1S/C21H23ClN2O3/c1-13-10-17(22)5-8-19(13)23-20(25)12-27-21(26)9-4-16-11-14(2)24(15(16)3)18-6-7-18/h4-5,8-11,18H,6-7,12H2,1-3H3,(H,23,25)/b9-4+. The Hall–Kier alpha value is -2.53. The van der Waals surface area contributed by atoms with Gasteiger partial charge in [0.15, 0.2) is 6.61 Å². The lowest BCUT2D eigenvalue weighted by atomic mass is 10.2. The van der Waals surface area contributed by atoms with Gasteiger partial charge >= 0.3 is 5.97 Å². The van der Waals surface area contributed by atoms with E-state index in [2.05, 4.69) is 29.8 Å². The molecule has 1 aromatic carbocycles. The van der Waals surface area contributed by atoms with Crippen LogP contribution in [0.3, 0.4) is 0 Å². The Bertz CT molecular complexity index is 910. The van der Waals surface area contributed by atoms with Crippen LogP contribution in [0.4, 0.5) is 5.69 Å². The number of amides is 1. The fourth-order valence-electron chi connectivity index (χ4n) is 3.16. The maximum atomic E-state index is 12.0. The van der Waals surface area contributed by atoms with Crippen LogP contribution in [0.5, 0.6) is 0 Å². The number of rotatable bonds is 6. The van der Waals surface area contributed by atoms with Gasteiger partial charge in [-0.15, -0.1) is 0 Å². The van der Waals surface area contributed by atoms with E-state index in [9.17, 15) is 9.59 Å². The summed E-state index contributed by atoms with van der Waals surface area (Å²) in [7, 11) is 0.